The van der Waals surface area contributed by atoms with Gasteiger partial charge in [0.1, 0.15) is 0 Å². The Balaban J connectivity index is 2.69. The monoisotopic (exact) mass is 258 g/mol. The van der Waals surface area contributed by atoms with E-state index in [1.165, 1.54) is 16.7 Å². The van der Waals surface area contributed by atoms with E-state index in [1.807, 2.05) is 30.7 Å². The van der Waals surface area contributed by atoms with Gasteiger partial charge < -0.3 is 0 Å². The highest BCUT2D eigenvalue weighted by atomic mass is 32.1. The van der Waals surface area contributed by atoms with Crippen LogP contribution in [0, 0.1) is 34.6 Å². The van der Waals surface area contributed by atoms with E-state index in [4.69, 9.17) is 0 Å². The molecule has 0 unspecified atom stereocenters. The average Bonchev–Trinajstić information content (AvgIpc) is 2.88. The van der Waals surface area contributed by atoms with Crippen LogP contribution in [-0.2, 0) is 0 Å². The Morgan fingerprint density at radius 3 is 1.83 bits per heavy atom. The maximum atomic E-state index is 12.6. The van der Waals surface area contributed by atoms with Crippen LogP contribution in [0.3, 0.4) is 0 Å². The summed E-state index contributed by atoms with van der Waals surface area (Å²) < 4.78 is 0. The van der Waals surface area contributed by atoms with Crippen LogP contribution in [0.5, 0.6) is 0 Å². The van der Waals surface area contributed by atoms with Gasteiger partial charge in [0, 0.05) is 16.5 Å². The standard InChI is InChI=1S/C16H18OS/c1-9-10(2)12(4)15(13(5)11(9)3)16(17)14-6-7-18-8-14/h6-8H,1-5H3. The lowest BCUT2D eigenvalue weighted by Crippen LogP contribution is -2.09. The van der Waals surface area contributed by atoms with Crippen molar-refractivity contribution in [1.29, 1.82) is 0 Å². The van der Waals surface area contributed by atoms with Crippen LogP contribution in [0.2, 0.25) is 0 Å². The molecule has 18 heavy (non-hydrogen) atoms. The molecular weight excluding hydrogens is 240 g/mol. The van der Waals surface area contributed by atoms with Crippen molar-refractivity contribution in [3.63, 3.8) is 0 Å². The highest BCUT2D eigenvalue weighted by molar-refractivity contribution is 7.08. The molecule has 0 aliphatic heterocycles. The van der Waals surface area contributed by atoms with Gasteiger partial charge in [-0.25, -0.2) is 0 Å². The van der Waals surface area contributed by atoms with Gasteiger partial charge in [-0.3, -0.25) is 4.79 Å². The Hall–Kier alpha value is -1.41. The fourth-order valence-corrected chi connectivity index (χ4v) is 3.01. The zero-order valence-electron chi connectivity index (χ0n) is 11.5. The van der Waals surface area contributed by atoms with E-state index in [2.05, 4.69) is 20.8 Å². The van der Waals surface area contributed by atoms with E-state index in [9.17, 15) is 4.79 Å². The number of carbonyl (C=O) groups is 1. The molecule has 0 saturated carbocycles. The third-order valence-electron chi connectivity index (χ3n) is 4.01. The summed E-state index contributed by atoms with van der Waals surface area (Å²) in [6, 6.07) is 1.90. The molecule has 0 saturated heterocycles. The van der Waals surface area contributed by atoms with Crippen LogP contribution in [0.25, 0.3) is 0 Å². The summed E-state index contributed by atoms with van der Waals surface area (Å²) in [6.07, 6.45) is 0. The van der Waals surface area contributed by atoms with Crippen molar-refractivity contribution in [2.75, 3.05) is 0 Å². The molecule has 1 aromatic heterocycles. The smallest absolute Gasteiger partial charge is 0.194 e. The molecule has 0 fully saturated rings. The second-order valence-electron chi connectivity index (χ2n) is 4.84. The highest BCUT2D eigenvalue weighted by Gasteiger charge is 2.19. The molecule has 1 aromatic carbocycles. The molecule has 0 atom stereocenters. The molecule has 0 amide bonds. The first-order chi connectivity index (χ1) is 8.45. The fraction of sp³-hybridized carbons (Fsp3) is 0.312. The topological polar surface area (TPSA) is 17.1 Å². The SMILES string of the molecule is Cc1c(C)c(C)c(C(=O)c2ccsc2)c(C)c1C. The van der Waals surface area contributed by atoms with Gasteiger partial charge in [-0.2, -0.15) is 11.3 Å². The summed E-state index contributed by atoms with van der Waals surface area (Å²) in [5.74, 6) is 0.150. The molecule has 0 aliphatic rings. The number of ketones is 1. The van der Waals surface area contributed by atoms with Crippen LogP contribution >= 0.6 is 11.3 Å². The first-order valence-corrected chi connectivity index (χ1v) is 7.03. The number of carbonyl (C=O) groups excluding carboxylic acids is 1. The van der Waals surface area contributed by atoms with Crippen molar-refractivity contribution in [3.8, 4) is 0 Å². The van der Waals surface area contributed by atoms with E-state index < -0.39 is 0 Å². The first-order valence-electron chi connectivity index (χ1n) is 6.09. The number of hydrogen-bond donors (Lipinski definition) is 0. The molecule has 94 valence electrons. The molecule has 2 rings (SSSR count). The number of hydrogen-bond acceptors (Lipinski definition) is 2. The van der Waals surface area contributed by atoms with Crippen LogP contribution < -0.4 is 0 Å². The molecule has 2 heteroatoms. The van der Waals surface area contributed by atoms with E-state index in [0.717, 1.165) is 22.3 Å². The van der Waals surface area contributed by atoms with Crippen molar-refractivity contribution in [1.82, 2.24) is 0 Å². The summed E-state index contributed by atoms with van der Waals surface area (Å²) in [5, 5.41) is 3.87. The molecule has 0 bridgehead atoms. The van der Waals surface area contributed by atoms with Gasteiger partial charge in [0.25, 0.3) is 0 Å². The lowest BCUT2D eigenvalue weighted by Gasteiger charge is -2.17. The quantitative estimate of drug-likeness (QED) is 0.724. The molecule has 2 aromatic rings. The first kappa shape index (κ1) is 13.0. The van der Waals surface area contributed by atoms with E-state index in [0.29, 0.717) is 0 Å². The van der Waals surface area contributed by atoms with Gasteiger partial charge >= 0.3 is 0 Å². The fourth-order valence-electron chi connectivity index (χ4n) is 2.38. The summed E-state index contributed by atoms with van der Waals surface area (Å²) in [6.45, 7) is 10.4. The second kappa shape index (κ2) is 4.69. The van der Waals surface area contributed by atoms with Crippen molar-refractivity contribution in [2.45, 2.75) is 34.6 Å². The number of rotatable bonds is 2. The van der Waals surface area contributed by atoms with Gasteiger partial charge in [0.15, 0.2) is 5.78 Å². The lowest BCUT2D eigenvalue weighted by molar-refractivity contribution is 0.103. The normalized spacial score (nSPS) is 10.7. The zero-order chi connectivity index (χ0) is 13.4. The molecule has 0 aliphatic carbocycles. The Morgan fingerprint density at radius 1 is 0.889 bits per heavy atom. The third kappa shape index (κ3) is 1.91. The zero-order valence-corrected chi connectivity index (χ0v) is 12.4. The summed E-state index contributed by atoms with van der Waals surface area (Å²) in [5.41, 5.74) is 7.68. The van der Waals surface area contributed by atoms with E-state index >= 15 is 0 Å². The van der Waals surface area contributed by atoms with Crippen molar-refractivity contribution in [2.24, 2.45) is 0 Å². The largest absolute Gasteiger partial charge is 0.289 e. The summed E-state index contributed by atoms with van der Waals surface area (Å²) >= 11 is 1.57. The minimum Gasteiger partial charge on any atom is -0.289 e. The maximum absolute atomic E-state index is 12.6. The van der Waals surface area contributed by atoms with Gasteiger partial charge in [0.2, 0.25) is 0 Å². The Morgan fingerprint density at radius 2 is 1.39 bits per heavy atom. The van der Waals surface area contributed by atoms with Crippen molar-refractivity contribution >= 4 is 17.1 Å². The molecule has 0 spiro atoms. The summed E-state index contributed by atoms with van der Waals surface area (Å²) in [7, 11) is 0. The molecule has 1 heterocycles. The molecular formula is C16H18OS. The maximum Gasteiger partial charge on any atom is 0.194 e. The Labute approximate surface area is 112 Å². The average molecular weight is 258 g/mol. The Kier molecular flexibility index (Phi) is 3.40. The van der Waals surface area contributed by atoms with E-state index in [1.54, 1.807) is 11.3 Å². The van der Waals surface area contributed by atoms with E-state index in [-0.39, 0.29) is 5.78 Å². The molecule has 0 radical (unpaired) electrons. The van der Waals surface area contributed by atoms with Crippen LogP contribution in [0.1, 0.15) is 43.7 Å². The second-order valence-corrected chi connectivity index (χ2v) is 5.62. The van der Waals surface area contributed by atoms with Crippen LogP contribution in [-0.4, -0.2) is 5.78 Å². The lowest BCUT2D eigenvalue weighted by atomic mass is 9.86. The van der Waals surface area contributed by atoms with Crippen molar-refractivity contribution < 1.29 is 4.79 Å². The van der Waals surface area contributed by atoms with Gasteiger partial charge in [-0.1, -0.05) is 0 Å². The predicted octanol–water partition coefficient (Wildman–Crippen LogP) is 4.52. The number of benzene rings is 1. The summed E-state index contributed by atoms with van der Waals surface area (Å²) in [4.78, 5) is 12.6. The minimum absolute atomic E-state index is 0.150. The van der Waals surface area contributed by atoms with Gasteiger partial charge in [-0.15, -0.1) is 0 Å². The molecule has 0 N–H and O–H groups in total. The van der Waals surface area contributed by atoms with Gasteiger partial charge in [-0.05, 0) is 73.9 Å². The Bertz CT molecular complexity index is 578. The minimum atomic E-state index is 0.150. The highest BCUT2D eigenvalue weighted by Crippen LogP contribution is 2.28. The molecule has 1 nitrogen and oxygen atoms in total. The number of thiophene rings is 1. The van der Waals surface area contributed by atoms with Crippen molar-refractivity contribution in [3.05, 3.63) is 55.8 Å². The van der Waals surface area contributed by atoms with Crippen LogP contribution in [0.4, 0.5) is 0 Å². The predicted molar refractivity (Wildman–Crippen MR) is 77.9 cm³/mol. The van der Waals surface area contributed by atoms with Gasteiger partial charge in [0.05, 0.1) is 0 Å². The third-order valence-corrected chi connectivity index (χ3v) is 4.69. The van der Waals surface area contributed by atoms with Crippen LogP contribution in [0.15, 0.2) is 16.8 Å².